The van der Waals surface area contributed by atoms with Crippen molar-refractivity contribution in [3.63, 3.8) is 0 Å². The van der Waals surface area contributed by atoms with Gasteiger partial charge in [-0.2, -0.15) is 0 Å². The number of aliphatic hydroxyl groups is 1. The minimum absolute atomic E-state index is 0.0485. The molecular formula is C15H30N2O4. The summed E-state index contributed by atoms with van der Waals surface area (Å²) in [6.45, 7) is 6.83. The predicted molar refractivity (Wildman–Crippen MR) is 82.2 cm³/mol. The number of carboxylic acids is 1. The van der Waals surface area contributed by atoms with Crippen LogP contribution in [-0.4, -0.2) is 53.4 Å². The molecule has 0 radical (unpaired) electrons. The van der Waals surface area contributed by atoms with Gasteiger partial charge in [-0.25, -0.2) is 4.79 Å². The highest BCUT2D eigenvalue weighted by molar-refractivity contribution is 5.75. The van der Waals surface area contributed by atoms with E-state index in [2.05, 4.69) is 5.32 Å². The number of nitrogens with zero attached hydrogens (tertiary/aromatic N) is 1. The molecule has 0 heterocycles. The lowest BCUT2D eigenvalue weighted by Crippen LogP contribution is -2.45. The van der Waals surface area contributed by atoms with Crippen LogP contribution in [0.3, 0.4) is 0 Å². The molecule has 0 bridgehead atoms. The summed E-state index contributed by atoms with van der Waals surface area (Å²) in [7, 11) is 1.70. The summed E-state index contributed by atoms with van der Waals surface area (Å²) >= 11 is 0. The van der Waals surface area contributed by atoms with Crippen LogP contribution in [0.5, 0.6) is 0 Å². The third-order valence-electron chi connectivity index (χ3n) is 3.11. The molecule has 0 aliphatic heterocycles. The van der Waals surface area contributed by atoms with Crippen LogP contribution in [0, 0.1) is 5.41 Å². The Hall–Kier alpha value is -1.30. The molecule has 0 fully saturated rings. The summed E-state index contributed by atoms with van der Waals surface area (Å²) in [6.07, 6.45) is 2.98. The Labute approximate surface area is 127 Å². The van der Waals surface area contributed by atoms with Crippen LogP contribution in [0.1, 0.15) is 52.9 Å². The molecule has 6 heteroatoms. The average molecular weight is 302 g/mol. The van der Waals surface area contributed by atoms with Gasteiger partial charge in [-0.05, 0) is 31.1 Å². The van der Waals surface area contributed by atoms with E-state index in [0.717, 1.165) is 19.3 Å². The summed E-state index contributed by atoms with van der Waals surface area (Å²) in [4.78, 5) is 24.5. The molecule has 2 amide bonds. The average Bonchev–Trinajstić information content (AvgIpc) is 2.31. The first-order valence-corrected chi connectivity index (χ1v) is 7.50. The molecule has 0 aromatic carbocycles. The summed E-state index contributed by atoms with van der Waals surface area (Å²) in [6, 6.07) is -0.607. The predicted octanol–water partition coefficient (Wildman–Crippen LogP) is 2.07. The summed E-state index contributed by atoms with van der Waals surface area (Å²) in [5.41, 5.74) is -0.0485. The monoisotopic (exact) mass is 302 g/mol. The van der Waals surface area contributed by atoms with Gasteiger partial charge in [0.15, 0.2) is 0 Å². The first kappa shape index (κ1) is 19.7. The minimum atomic E-state index is -0.907. The molecule has 0 rings (SSSR count). The Bertz CT molecular complexity index is 326. The van der Waals surface area contributed by atoms with Gasteiger partial charge in [0.05, 0.1) is 6.42 Å². The summed E-state index contributed by atoms with van der Waals surface area (Å²) in [5, 5.41) is 20.4. The lowest BCUT2D eigenvalue weighted by molar-refractivity contribution is -0.137. The van der Waals surface area contributed by atoms with Crippen molar-refractivity contribution < 1.29 is 19.8 Å². The zero-order chi connectivity index (χ0) is 16.5. The molecule has 0 saturated heterocycles. The number of carbonyl (C=O) groups is 2. The molecule has 1 atom stereocenters. The molecule has 1 unspecified atom stereocenters. The number of aliphatic hydroxyl groups excluding tert-OH is 1. The third kappa shape index (κ3) is 11.1. The van der Waals surface area contributed by atoms with Crippen LogP contribution in [0.2, 0.25) is 0 Å². The number of carboxylic acid groups (broad SMARTS) is 1. The number of rotatable bonds is 9. The number of carbonyl (C=O) groups excluding carboxylic acids is 1. The largest absolute Gasteiger partial charge is 0.481 e. The number of nitrogens with one attached hydrogen (secondary N) is 1. The molecule has 0 spiro atoms. The molecule has 0 aliphatic rings. The van der Waals surface area contributed by atoms with Gasteiger partial charge in [-0.1, -0.05) is 20.8 Å². The molecule has 124 valence electrons. The Morgan fingerprint density at radius 3 is 2.29 bits per heavy atom. The molecule has 0 aliphatic carbocycles. The van der Waals surface area contributed by atoms with E-state index in [1.807, 2.05) is 20.8 Å². The van der Waals surface area contributed by atoms with Crippen LogP contribution in [0.15, 0.2) is 0 Å². The van der Waals surface area contributed by atoms with Gasteiger partial charge in [-0.3, -0.25) is 4.79 Å². The topological polar surface area (TPSA) is 89.9 Å². The number of unbranched alkanes of at least 4 members (excludes halogenated alkanes) is 2. The van der Waals surface area contributed by atoms with Gasteiger partial charge in [0, 0.05) is 26.2 Å². The van der Waals surface area contributed by atoms with Crippen LogP contribution in [-0.2, 0) is 4.79 Å². The van der Waals surface area contributed by atoms with Gasteiger partial charge in [0.1, 0.15) is 0 Å². The number of urea groups is 1. The fourth-order valence-electron chi connectivity index (χ4n) is 2.15. The minimum Gasteiger partial charge on any atom is -0.481 e. The van der Waals surface area contributed by atoms with Crippen molar-refractivity contribution in [3.8, 4) is 0 Å². The van der Waals surface area contributed by atoms with Crippen LogP contribution < -0.4 is 5.32 Å². The summed E-state index contributed by atoms with van der Waals surface area (Å²) < 4.78 is 0. The van der Waals surface area contributed by atoms with E-state index in [1.54, 1.807) is 11.9 Å². The highest BCUT2D eigenvalue weighted by Crippen LogP contribution is 2.22. The lowest BCUT2D eigenvalue weighted by atomic mass is 9.87. The molecule has 0 saturated carbocycles. The van der Waals surface area contributed by atoms with E-state index in [-0.39, 0.29) is 30.5 Å². The number of aliphatic carboxylic acids is 1. The molecule has 0 aromatic heterocycles. The van der Waals surface area contributed by atoms with E-state index in [0.29, 0.717) is 13.0 Å². The first-order valence-electron chi connectivity index (χ1n) is 7.50. The Morgan fingerprint density at radius 2 is 1.81 bits per heavy atom. The second kappa shape index (κ2) is 9.60. The van der Waals surface area contributed by atoms with Crippen LogP contribution in [0.25, 0.3) is 0 Å². The van der Waals surface area contributed by atoms with Gasteiger partial charge in [0.25, 0.3) is 0 Å². The van der Waals surface area contributed by atoms with Gasteiger partial charge in [-0.15, -0.1) is 0 Å². The summed E-state index contributed by atoms with van der Waals surface area (Å²) in [5.74, 6) is -0.907. The number of hydrogen-bond donors (Lipinski definition) is 3. The van der Waals surface area contributed by atoms with Crippen molar-refractivity contribution >= 4 is 12.0 Å². The van der Waals surface area contributed by atoms with E-state index in [9.17, 15) is 9.59 Å². The number of hydrogen-bond acceptors (Lipinski definition) is 3. The molecular weight excluding hydrogens is 272 g/mol. The lowest BCUT2D eigenvalue weighted by Gasteiger charge is -2.28. The van der Waals surface area contributed by atoms with E-state index in [1.165, 1.54) is 0 Å². The second-order valence-electron chi connectivity index (χ2n) is 6.71. The second-order valence-corrected chi connectivity index (χ2v) is 6.71. The highest BCUT2D eigenvalue weighted by Gasteiger charge is 2.23. The van der Waals surface area contributed by atoms with Crippen molar-refractivity contribution in [3.05, 3.63) is 0 Å². The number of amides is 2. The van der Waals surface area contributed by atoms with E-state index < -0.39 is 5.97 Å². The fourth-order valence-corrected chi connectivity index (χ4v) is 2.15. The molecule has 0 aromatic rings. The van der Waals surface area contributed by atoms with E-state index in [4.69, 9.17) is 10.2 Å². The first-order chi connectivity index (χ1) is 9.65. The maximum atomic E-state index is 12.1. The maximum absolute atomic E-state index is 12.1. The Balaban J connectivity index is 4.33. The highest BCUT2D eigenvalue weighted by atomic mass is 16.4. The Morgan fingerprint density at radius 1 is 1.19 bits per heavy atom. The zero-order valence-corrected chi connectivity index (χ0v) is 13.7. The van der Waals surface area contributed by atoms with Crippen molar-refractivity contribution in [2.24, 2.45) is 5.41 Å². The Kier molecular flexibility index (Phi) is 9.01. The van der Waals surface area contributed by atoms with Gasteiger partial charge >= 0.3 is 12.0 Å². The van der Waals surface area contributed by atoms with Crippen LogP contribution in [0.4, 0.5) is 4.79 Å². The van der Waals surface area contributed by atoms with E-state index >= 15 is 0 Å². The van der Waals surface area contributed by atoms with Crippen molar-refractivity contribution in [1.29, 1.82) is 0 Å². The molecule has 21 heavy (non-hydrogen) atoms. The normalized spacial score (nSPS) is 12.8. The molecule has 3 N–H and O–H groups in total. The standard InChI is InChI=1S/C15H30N2O4/c1-15(2,3)11-12(10-13(19)20)16-14(21)17(4)8-6-5-7-9-18/h12,18H,5-11H2,1-4H3,(H,16,21)(H,19,20). The van der Waals surface area contributed by atoms with Crippen molar-refractivity contribution in [1.82, 2.24) is 10.2 Å². The van der Waals surface area contributed by atoms with Gasteiger partial charge in [0.2, 0.25) is 0 Å². The van der Waals surface area contributed by atoms with Crippen LogP contribution >= 0.6 is 0 Å². The van der Waals surface area contributed by atoms with Gasteiger partial charge < -0.3 is 20.4 Å². The quantitative estimate of drug-likeness (QED) is 0.569. The smallest absolute Gasteiger partial charge is 0.317 e. The molecule has 6 nitrogen and oxygen atoms in total. The SMILES string of the molecule is CN(CCCCCO)C(=O)NC(CC(=O)O)CC(C)(C)C. The fraction of sp³-hybridized carbons (Fsp3) is 0.867. The van der Waals surface area contributed by atoms with Crippen molar-refractivity contribution in [2.75, 3.05) is 20.2 Å². The maximum Gasteiger partial charge on any atom is 0.317 e. The third-order valence-corrected chi connectivity index (χ3v) is 3.11. The van der Waals surface area contributed by atoms with Crippen molar-refractivity contribution in [2.45, 2.75) is 58.9 Å². The zero-order valence-electron chi connectivity index (χ0n) is 13.7.